The number of carboxylic acids is 1. The largest absolute Gasteiger partial charge is 0.481 e. The third-order valence-electron chi connectivity index (χ3n) is 4.24. The van der Waals surface area contributed by atoms with Gasteiger partial charge in [0.2, 0.25) is 0 Å². The quantitative estimate of drug-likeness (QED) is 0.884. The molecule has 1 saturated carbocycles. The third-order valence-corrected chi connectivity index (χ3v) is 4.24. The van der Waals surface area contributed by atoms with E-state index < -0.39 is 11.9 Å². The monoisotopic (exact) mass is 327 g/mol. The smallest absolute Gasteiger partial charge is 0.308 e. The number of carbonyl (C=O) groups excluding carboxylic acids is 1. The van der Waals surface area contributed by atoms with Gasteiger partial charge in [-0.25, -0.2) is 4.68 Å². The summed E-state index contributed by atoms with van der Waals surface area (Å²) in [7, 11) is 0. The van der Waals surface area contributed by atoms with E-state index in [2.05, 4.69) is 5.10 Å². The average Bonchev–Trinajstić information content (AvgIpc) is 3.32. The van der Waals surface area contributed by atoms with E-state index in [1.54, 1.807) is 28.6 Å². The van der Waals surface area contributed by atoms with E-state index in [1.165, 1.54) is 0 Å². The van der Waals surface area contributed by atoms with Crippen LogP contribution in [-0.4, -0.2) is 44.3 Å². The second-order valence-electron chi connectivity index (χ2n) is 6.38. The summed E-state index contributed by atoms with van der Waals surface area (Å²) in [6.07, 6.45) is 3.77. The van der Waals surface area contributed by atoms with Gasteiger partial charge in [0, 0.05) is 24.3 Å². The number of carbonyl (C=O) groups is 2. The normalized spacial score (nSPS) is 15.1. The molecule has 1 aromatic heterocycles. The first-order chi connectivity index (χ1) is 11.5. The Morgan fingerprint density at radius 3 is 2.46 bits per heavy atom. The minimum atomic E-state index is -0.877. The Bertz CT molecular complexity index is 747. The highest BCUT2D eigenvalue weighted by Gasteiger charge is 2.34. The number of hydrogen-bond acceptors (Lipinski definition) is 3. The summed E-state index contributed by atoms with van der Waals surface area (Å²) in [6.45, 7) is 3.80. The minimum Gasteiger partial charge on any atom is -0.481 e. The lowest BCUT2D eigenvalue weighted by molar-refractivity contribution is -0.141. The molecule has 24 heavy (non-hydrogen) atoms. The van der Waals surface area contributed by atoms with Gasteiger partial charge in [-0.15, -0.1) is 0 Å². The molecule has 1 aromatic carbocycles. The highest BCUT2D eigenvalue weighted by atomic mass is 16.4. The van der Waals surface area contributed by atoms with Crippen molar-refractivity contribution < 1.29 is 14.7 Å². The Morgan fingerprint density at radius 1 is 1.29 bits per heavy atom. The molecule has 0 radical (unpaired) electrons. The van der Waals surface area contributed by atoms with E-state index in [9.17, 15) is 9.59 Å². The topological polar surface area (TPSA) is 75.4 Å². The number of amides is 1. The van der Waals surface area contributed by atoms with Crippen molar-refractivity contribution in [1.82, 2.24) is 14.7 Å². The Labute approximate surface area is 140 Å². The van der Waals surface area contributed by atoms with Gasteiger partial charge in [0.25, 0.3) is 5.91 Å². The molecule has 1 N–H and O–H groups in total. The second-order valence-corrected chi connectivity index (χ2v) is 6.38. The second kappa shape index (κ2) is 6.47. The molecular weight excluding hydrogens is 306 g/mol. The fourth-order valence-electron chi connectivity index (χ4n) is 2.64. The van der Waals surface area contributed by atoms with E-state index in [4.69, 9.17) is 5.11 Å². The first-order valence-electron chi connectivity index (χ1n) is 8.12. The van der Waals surface area contributed by atoms with Crippen LogP contribution < -0.4 is 0 Å². The lowest BCUT2D eigenvalue weighted by Crippen LogP contribution is -2.38. The molecule has 3 rings (SSSR count). The maximum absolute atomic E-state index is 12.7. The molecule has 1 unspecified atom stereocenters. The molecule has 1 aliphatic carbocycles. The SMILES string of the molecule is Cc1ccn(-c2ccc(C(=O)N(CC(C)C(=O)O)C3CC3)cc2)n1. The third kappa shape index (κ3) is 3.48. The number of hydrogen-bond donors (Lipinski definition) is 1. The zero-order chi connectivity index (χ0) is 17.3. The number of aliphatic carboxylic acids is 1. The zero-order valence-electron chi connectivity index (χ0n) is 13.8. The molecule has 1 heterocycles. The summed E-state index contributed by atoms with van der Waals surface area (Å²) in [5.74, 6) is -1.55. The molecule has 1 atom stereocenters. The van der Waals surface area contributed by atoms with Crippen molar-refractivity contribution in [3.8, 4) is 5.69 Å². The highest BCUT2D eigenvalue weighted by molar-refractivity contribution is 5.95. The molecule has 0 saturated heterocycles. The van der Waals surface area contributed by atoms with Gasteiger partial charge in [0.15, 0.2) is 0 Å². The van der Waals surface area contributed by atoms with Crippen LogP contribution in [0.2, 0.25) is 0 Å². The molecule has 6 heteroatoms. The summed E-state index contributed by atoms with van der Waals surface area (Å²) in [4.78, 5) is 25.5. The predicted molar refractivity (Wildman–Crippen MR) is 89.2 cm³/mol. The molecule has 6 nitrogen and oxygen atoms in total. The van der Waals surface area contributed by atoms with Crippen LogP contribution in [0.3, 0.4) is 0 Å². The van der Waals surface area contributed by atoms with Crippen LogP contribution >= 0.6 is 0 Å². The number of benzene rings is 1. The van der Waals surface area contributed by atoms with E-state index in [0.717, 1.165) is 24.2 Å². The molecule has 1 fully saturated rings. The van der Waals surface area contributed by atoms with Crippen molar-refractivity contribution in [1.29, 1.82) is 0 Å². The molecule has 0 bridgehead atoms. The van der Waals surface area contributed by atoms with Crippen molar-refractivity contribution in [2.24, 2.45) is 5.92 Å². The first kappa shape index (κ1) is 16.2. The lowest BCUT2D eigenvalue weighted by Gasteiger charge is -2.24. The van der Waals surface area contributed by atoms with Crippen molar-refractivity contribution in [2.75, 3.05) is 6.54 Å². The van der Waals surface area contributed by atoms with E-state index >= 15 is 0 Å². The summed E-state index contributed by atoms with van der Waals surface area (Å²) in [6, 6.07) is 9.34. The van der Waals surface area contributed by atoms with Crippen molar-refractivity contribution >= 4 is 11.9 Å². The van der Waals surface area contributed by atoms with Crippen molar-refractivity contribution in [2.45, 2.75) is 32.7 Å². The van der Waals surface area contributed by atoms with Gasteiger partial charge in [-0.05, 0) is 50.1 Å². The predicted octanol–water partition coefficient (Wildman–Crippen LogP) is 2.51. The summed E-state index contributed by atoms with van der Waals surface area (Å²) in [5, 5.41) is 13.4. The molecule has 0 aliphatic heterocycles. The van der Waals surface area contributed by atoms with E-state index in [-0.39, 0.29) is 18.5 Å². The minimum absolute atomic E-state index is 0.103. The molecule has 1 amide bonds. The van der Waals surface area contributed by atoms with Crippen LogP contribution in [0.4, 0.5) is 0 Å². The van der Waals surface area contributed by atoms with Crippen LogP contribution in [0.1, 0.15) is 35.8 Å². The molecule has 126 valence electrons. The average molecular weight is 327 g/mol. The summed E-state index contributed by atoms with van der Waals surface area (Å²) >= 11 is 0. The molecule has 2 aromatic rings. The van der Waals surface area contributed by atoms with Gasteiger partial charge in [0.05, 0.1) is 17.3 Å². The van der Waals surface area contributed by atoms with Crippen LogP contribution in [-0.2, 0) is 4.79 Å². The fourth-order valence-corrected chi connectivity index (χ4v) is 2.64. The van der Waals surface area contributed by atoms with Gasteiger partial charge in [0.1, 0.15) is 0 Å². The molecule has 1 aliphatic rings. The lowest BCUT2D eigenvalue weighted by atomic mass is 10.1. The van der Waals surface area contributed by atoms with Crippen LogP contribution in [0, 0.1) is 12.8 Å². The Balaban J connectivity index is 1.76. The number of aryl methyl sites for hydroxylation is 1. The number of carboxylic acid groups (broad SMARTS) is 1. The summed E-state index contributed by atoms with van der Waals surface area (Å²) < 4.78 is 1.76. The summed E-state index contributed by atoms with van der Waals surface area (Å²) in [5.41, 5.74) is 2.39. The van der Waals surface area contributed by atoms with Crippen molar-refractivity contribution in [3.05, 3.63) is 47.8 Å². The molecule has 0 spiro atoms. The first-order valence-corrected chi connectivity index (χ1v) is 8.12. The Hall–Kier alpha value is -2.63. The maximum atomic E-state index is 12.7. The Morgan fingerprint density at radius 2 is 1.96 bits per heavy atom. The number of rotatable bonds is 6. The van der Waals surface area contributed by atoms with Gasteiger partial charge < -0.3 is 10.0 Å². The van der Waals surface area contributed by atoms with Gasteiger partial charge in [-0.2, -0.15) is 5.10 Å². The maximum Gasteiger partial charge on any atom is 0.308 e. The van der Waals surface area contributed by atoms with Gasteiger partial charge in [-0.1, -0.05) is 6.92 Å². The number of aromatic nitrogens is 2. The van der Waals surface area contributed by atoms with Gasteiger partial charge in [-0.3, -0.25) is 9.59 Å². The zero-order valence-corrected chi connectivity index (χ0v) is 13.8. The van der Waals surface area contributed by atoms with Crippen LogP contribution in [0.25, 0.3) is 5.69 Å². The standard InChI is InChI=1S/C18H21N3O3/c1-12(18(23)24)11-20(15-7-8-15)17(22)14-3-5-16(6-4-14)21-10-9-13(2)19-21/h3-6,9-10,12,15H,7-8,11H2,1-2H3,(H,23,24). The fraction of sp³-hybridized carbons (Fsp3) is 0.389. The van der Waals surface area contributed by atoms with Crippen molar-refractivity contribution in [3.63, 3.8) is 0 Å². The highest BCUT2D eigenvalue weighted by Crippen LogP contribution is 2.29. The van der Waals surface area contributed by atoms with Crippen LogP contribution in [0.15, 0.2) is 36.5 Å². The number of nitrogens with zero attached hydrogens (tertiary/aromatic N) is 3. The van der Waals surface area contributed by atoms with Gasteiger partial charge >= 0.3 is 5.97 Å². The van der Waals surface area contributed by atoms with Crippen LogP contribution in [0.5, 0.6) is 0 Å². The Kier molecular flexibility index (Phi) is 4.38. The molecular formula is C18H21N3O3. The van der Waals surface area contributed by atoms with E-state index in [0.29, 0.717) is 5.56 Å². The van der Waals surface area contributed by atoms with E-state index in [1.807, 2.05) is 31.3 Å².